The van der Waals surface area contributed by atoms with Gasteiger partial charge in [-0.25, -0.2) is 0 Å². The Balaban J connectivity index is 2.21. The fraction of sp³-hybridized carbons (Fsp3) is 0.662. The van der Waals surface area contributed by atoms with Gasteiger partial charge in [-0.1, -0.05) is 295 Å². The van der Waals surface area contributed by atoms with Crippen LogP contribution in [0.3, 0.4) is 0 Å². The maximum atomic E-state index is 13.1. The van der Waals surface area contributed by atoms with Gasteiger partial charge in [0.25, 0.3) is 0 Å². The van der Waals surface area contributed by atoms with E-state index in [0.717, 1.165) is 109 Å². The lowest BCUT2D eigenvalue weighted by Crippen LogP contribution is -2.60. The second-order valence-corrected chi connectivity index (χ2v) is 22.5. The third-order valence-electron chi connectivity index (χ3n) is 15.0. The Morgan fingerprint density at radius 2 is 0.747 bits per heavy atom. The van der Waals surface area contributed by atoms with Crippen LogP contribution < -0.4 is 5.32 Å². The number of aliphatic hydroxyl groups excluding tert-OH is 5. The molecule has 472 valence electrons. The predicted molar refractivity (Wildman–Crippen MR) is 354 cm³/mol. The largest absolute Gasteiger partial charge is 0.394 e. The molecular weight excluding hydrogens is 1030 g/mol. The molecule has 0 spiro atoms. The molecule has 9 nitrogen and oxygen atoms in total. The maximum Gasteiger partial charge on any atom is 0.220 e. The molecule has 0 saturated carbocycles. The predicted octanol–water partition coefficient (Wildman–Crippen LogP) is 18.2. The summed E-state index contributed by atoms with van der Waals surface area (Å²) >= 11 is 0. The lowest BCUT2D eigenvalue weighted by molar-refractivity contribution is -0.302. The highest BCUT2D eigenvalue weighted by atomic mass is 16.7. The molecule has 1 saturated heterocycles. The molecule has 0 radical (unpaired) electrons. The number of unbranched alkanes of at least 4 members (excludes halogenated alkanes) is 22. The first-order valence-corrected chi connectivity index (χ1v) is 33.5. The van der Waals surface area contributed by atoms with Crippen molar-refractivity contribution in [2.24, 2.45) is 0 Å². The number of aliphatic hydroxyl groups is 5. The zero-order valence-electron chi connectivity index (χ0n) is 52.6. The Morgan fingerprint density at radius 1 is 0.422 bits per heavy atom. The zero-order chi connectivity index (χ0) is 60.0. The number of hydrogen-bond donors (Lipinski definition) is 6. The van der Waals surface area contributed by atoms with Gasteiger partial charge in [0, 0.05) is 6.42 Å². The van der Waals surface area contributed by atoms with Crippen molar-refractivity contribution in [1.29, 1.82) is 0 Å². The monoisotopic (exact) mass is 1150 g/mol. The summed E-state index contributed by atoms with van der Waals surface area (Å²) < 4.78 is 11.3. The van der Waals surface area contributed by atoms with Crippen molar-refractivity contribution in [2.75, 3.05) is 13.2 Å². The molecule has 0 aromatic heterocycles. The maximum absolute atomic E-state index is 13.1. The molecule has 0 aromatic carbocycles. The number of hydrogen-bond acceptors (Lipinski definition) is 8. The van der Waals surface area contributed by atoms with Gasteiger partial charge in [0.05, 0.1) is 25.4 Å². The fourth-order valence-electron chi connectivity index (χ4n) is 9.73. The van der Waals surface area contributed by atoms with Crippen molar-refractivity contribution >= 4 is 5.91 Å². The van der Waals surface area contributed by atoms with E-state index < -0.39 is 49.5 Å². The smallest absolute Gasteiger partial charge is 0.220 e. The second kappa shape index (κ2) is 61.2. The molecule has 1 heterocycles. The summed E-state index contributed by atoms with van der Waals surface area (Å²) in [6.07, 6.45) is 87.5. The summed E-state index contributed by atoms with van der Waals surface area (Å²) in [4.78, 5) is 13.1. The summed E-state index contributed by atoms with van der Waals surface area (Å²) in [5.74, 6) is -0.190. The van der Waals surface area contributed by atoms with Crippen LogP contribution in [0.2, 0.25) is 0 Å². The summed E-state index contributed by atoms with van der Waals surface area (Å²) in [5, 5.41) is 54.8. The first-order valence-electron chi connectivity index (χ1n) is 33.5. The highest BCUT2D eigenvalue weighted by Crippen LogP contribution is 2.23. The van der Waals surface area contributed by atoms with Crippen LogP contribution in [0.4, 0.5) is 0 Å². The van der Waals surface area contributed by atoms with Crippen molar-refractivity contribution in [2.45, 2.75) is 301 Å². The van der Waals surface area contributed by atoms with Gasteiger partial charge >= 0.3 is 0 Å². The van der Waals surface area contributed by atoms with Crippen molar-refractivity contribution in [3.05, 3.63) is 146 Å². The van der Waals surface area contributed by atoms with E-state index in [-0.39, 0.29) is 12.5 Å². The molecule has 1 fully saturated rings. The summed E-state index contributed by atoms with van der Waals surface area (Å²) in [5.41, 5.74) is 0. The number of carbonyl (C=O) groups excluding carboxylic acids is 1. The molecule has 0 bridgehead atoms. The van der Waals surface area contributed by atoms with E-state index in [1.165, 1.54) is 116 Å². The highest BCUT2D eigenvalue weighted by molar-refractivity contribution is 5.76. The van der Waals surface area contributed by atoms with Crippen LogP contribution in [0.15, 0.2) is 146 Å². The molecule has 0 aromatic rings. The summed E-state index contributed by atoms with van der Waals surface area (Å²) in [6.45, 7) is 3.71. The van der Waals surface area contributed by atoms with Crippen molar-refractivity contribution in [1.82, 2.24) is 5.32 Å². The van der Waals surface area contributed by atoms with E-state index in [9.17, 15) is 30.3 Å². The van der Waals surface area contributed by atoms with Gasteiger partial charge in [0.2, 0.25) is 5.91 Å². The van der Waals surface area contributed by atoms with Crippen LogP contribution in [0.25, 0.3) is 0 Å². The van der Waals surface area contributed by atoms with Crippen molar-refractivity contribution in [3.8, 4) is 0 Å². The lowest BCUT2D eigenvalue weighted by Gasteiger charge is -2.40. The van der Waals surface area contributed by atoms with Crippen LogP contribution in [0.5, 0.6) is 0 Å². The van der Waals surface area contributed by atoms with E-state index in [2.05, 4.69) is 165 Å². The molecule has 7 atom stereocenters. The van der Waals surface area contributed by atoms with Gasteiger partial charge in [-0.05, 0) is 103 Å². The normalized spacial score (nSPS) is 19.2. The minimum Gasteiger partial charge on any atom is -0.394 e. The molecule has 83 heavy (non-hydrogen) atoms. The fourth-order valence-corrected chi connectivity index (χ4v) is 9.73. The highest BCUT2D eigenvalue weighted by Gasteiger charge is 2.44. The first kappa shape index (κ1) is 77.1. The molecule has 1 aliphatic heterocycles. The number of allylic oxidation sites excluding steroid dienone is 24. The van der Waals surface area contributed by atoms with Gasteiger partial charge < -0.3 is 40.3 Å². The minimum absolute atomic E-state index is 0.164. The first-order chi connectivity index (χ1) is 40.8. The SMILES string of the molecule is CC/C=C\C/C=C\C/C=C\C/C=C\C/C=C\C/C=C\C/C=C\C/C=C\C/C=C\C/C=C\C/C=C\C/C=C\CCCCC(=O)NC(COC1OC(CO)C(O)C(O)C1O)C(O)CCCCCCCCCCCCCCCCCCCCCCC. The van der Waals surface area contributed by atoms with E-state index in [1.807, 2.05) is 0 Å². The van der Waals surface area contributed by atoms with Gasteiger partial charge in [0.1, 0.15) is 24.4 Å². The van der Waals surface area contributed by atoms with Gasteiger partial charge in [-0.2, -0.15) is 0 Å². The second-order valence-electron chi connectivity index (χ2n) is 22.5. The van der Waals surface area contributed by atoms with Crippen molar-refractivity contribution < 1.29 is 39.8 Å². The average molecular weight is 1150 g/mol. The zero-order valence-corrected chi connectivity index (χ0v) is 52.6. The molecule has 1 rings (SSSR count). The molecule has 9 heteroatoms. The number of amides is 1. The molecule has 1 amide bonds. The molecule has 7 unspecified atom stereocenters. The van der Waals surface area contributed by atoms with E-state index in [4.69, 9.17) is 9.47 Å². The number of nitrogens with one attached hydrogen (secondary N) is 1. The summed E-state index contributed by atoms with van der Waals surface area (Å²) in [7, 11) is 0. The van der Waals surface area contributed by atoms with Crippen LogP contribution in [-0.4, -0.2) is 87.5 Å². The lowest BCUT2D eigenvalue weighted by atomic mass is 9.99. The van der Waals surface area contributed by atoms with Gasteiger partial charge in [-0.3, -0.25) is 4.79 Å². The van der Waals surface area contributed by atoms with Gasteiger partial charge in [0.15, 0.2) is 6.29 Å². The Labute approximate surface area is 508 Å². The standard InChI is InChI=1S/C74H123NO8/c1-3-5-7-9-11-13-15-17-19-21-23-25-26-27-28-29-30-31-32-33-34-35-36-37-38-39-40-41-42-44-46-48-50-52-54-56-58-60-62-64-70(78)75-67(66-82-74-73(81)72(80)71(79)69(65-76)83-74)68(77)63-61-59-57-55-53-51-49-47-45-43-24-22-20-18-16-14-12-10-8-6-4-2/h5,7,11,13,17,19,23,25,27-28,30-31,33-34,36-37,39-40,42,44,48,50,54,56,67-69,71-74,76-77,79-81H,3-4,6,8-10,12,14-16,18,20-22,24,26,29,32,35,38,41,43,45-47,49,51-53,55,57-66H2,1-2H3,(H,75,78)/b7-5-,13-11-,19-17-,25-23-,28-27-,31-30-,34-33-,37-36-,40-39-,44-42-,50-48-,56-54-. The van der Waals surface area contributed by atoms with E-state index in [1.54, 1.807) is 0 Å². The third kappa shape index (κ3) is 50.0. The van der Waals surface area contributed by atoms with Crippen LogP contribution in [0, 0.1) is 0 Å². The average Bonchev–Trinajstić information content (AvgIpc) is 3.60. The Morgan fingerprint density at radius 3 is 1.08 bits per heavy atom. The Hall–Kier alpha value is -3.93. The number of rotatable bonds is 56. The third-order valence-corrected chi connectivity index (χ3v) is 15.0. The minimum atomic E-state index is -1.57. The Kier molecular flexibility index (Phi) is 56.8. The topological polar surface area (TPSA) is 149 Å². The van der Waals surface area contributed by atoms with Crippen LogP contribution >= 0.6 is 0 Å². The molecule has 6 N–H and O–H groups in total. The van der Waals surface area contributed by atoms with Crippen molar-refractivity contribution in [3.63, 3.8) is 0 Å². The quantitative estimate of drug-likeness (QED) is 0.0261. The van der Waals surface area contributed by atoms with Crippen LogP contribution in [0.1, 0.15) is 258 Å². The molecule has 1 aliphatic rings. The summed E-state index contributed by atoms with van der Waals surface area (Å²) in [6, 6.07) is -0.755. The number of carbonyl (C=O) groups is 1. The van der Waals surface area contributed by atoms with Crippen LogP contribution in [-0.2, 0) is 14.3 Å². The molecule has 0 aliphatic carbocycles. The Bertz CT molecular complexity index is 1820. The molecular formula is C74H123NO8. The van der Waals surface area contributed by atoms with E-state index in [0.29, 0.717) is 19.3 Å². The number of ether oxygens (including phenoxy) is 2. The van der Waals surface area contributed by atoms with Gasteiger partial charge in [-0.15, -0.1) is 0 Å². The van der Waals surface area contributed by atoms with E-state index >= 15 is 0 Å².